The summed E-state index contributed by atoms with van der Waals surface area (Å²) < 4.78 is 0. The van der Waals surface area contributed by atoms with E-state index in [2.05, 4.69) is 9.97 Å². The van der Waals surface area contributed by atoms with E-state index in [0.717, 1.165) is 5.56 Å². The average molecular weight is 402 g/mol. The van der Waals surface area contributed by atoms with Gasteiger partial charge in [-0.25, -0.2) is 4.98 Å². The van der Waals surface area contributed by atoms with E-state index in [0.29, 0.717) is 33.3 Å². The third-order valence-corrected chi connectivity index (χ3v) is 4.80. The number of nitrogens with zero attached hydrogens (tertiary/aromatic N) is 2. The number of halogens is 2. The van der Waals surface area contributed by atoms with Crippen molar-refractivity contribution in [2.75, 3.05) is 6.54 Å². The predicted octanol–water partition coefficient (Wildman–Crippen LogP) is 4.29. The van der Waals surface area contributed by atoms with E-state index in [9.17, 15) is 9.59 Å². The van der Waals surface area contributed by atoms with Gasteiger partial charge in [-0.15, -0.1) is 0 Å². The van der Waals surface area contributed by atoms with Crippen molar-refractivity contribution < 1.29 is 4.79 Å². The number of nitrogens with one attached hydrogen (secondary N) is 1. The lowest BCUT2D eigenvalue weighted by Crippen LogP contribution is -2.30. The molecule has 0 saturated heterocycles. The summed E-state index contributed by atoms with van der Waals surface area (Å²) >= 11 is 11.9. The van der Waals surface area contributed by atoms with Gasteiger partial charge < -0.3 is 9.88 Å². The molecule has 0 unspecified atom stereocenters. The summed E-state index contributed by atoms with van der Waals surface area (Å²) in [6.45, 7) is 2.55. The van der Waals surface area contributed by atoms with Crippen molar-refractivity contribution in [2.24, 2.45) is 0 Å². The monoisotopic (exact) mass is 401 g/mol. The lowest BCUT2D eigenvalue weighted by atomic mass is 10.2. The molecule has 0 aliphatic carbocycles. The maximum Gasteiger partial charge on any atom is 0.258 e. The van der Waals surface area contributed by atoms with Crippen molar-refractivity contribution in [3.05, 3.63) is 80.3 Å². The molecule has 1 aromatic heterocycles. The number of aromatic amines is 1. The van der Waals surface area contributed by atoms with E-state index < -0.39 is 0 Å². The molecule has 27 heavy (non-hydrogen) atoms. The number of fused-ring (bicyclic) bond motifs is 1. The first-order chi connectivity index (χ1) is 13.0. The highest BCUT2D eigenvalue weighted by Gasteiger charge is 2.12. The molecular formula is C20H17Cl2N3O2. The zero-order chi connectivity index (χ0) is 19.4. The lowest BCUT2D eigenvalue weighted by molar-refractivity contribution is -0.126. The van der Waals surface area contributed by atoms with E-state index in [4.69, 9.17) is 23.2 Å². The van der Waals surface area contributed by atoms with Crippen LogP contribution in [-0.4, -0.2) is 27.3 Å². The van der Waals surface area contributed by atoms with Gasteiger partial charge in [0.1, 0.15) is 5.82 Å². The number of hydrogen-bond acceptors (Lipinski definition) is 3. The van der Waals surface area contributed by atoms with Gasteiger partial charge in [-0.3, -0.25) is 9.59 Å². The van der Waals surface area contributed by atoms with Crippen molar-refractivity contribution in [1.29, 1.82) is 0 Å². The van der Waals surface area contributed by atoms with E-state index in [1.807, 2.05) is 13.0 Å². The Morgan fingerprint density at radius 1 is 1.19 bits per heavy atom. The molecule has 0 bridgehead atoms. The molecule has 5 nitrogen and oxygen atoms in total. The fraction of sp³-hybridized carbons (Fsp3) is 0.150. The molecule has 1 N–H and O–H groups in total. The van der Waals surface area contributed by atoms with Crippen LogP contribution >= 0.6 is 23.2 Å². The first-order valence-corrected chi connectivity index (χ1v) is 9.13. The molecule has 0 radical (unpaired) electrons. The summed E-state index contributed by atoms with van der Waals surface area (Å²) in [6.07, 6.45) is 3.13. The molecule has 0 aliphatic heterocycles. The van der Waals surface area contributed by atoms with Crippen LogP contribution in [0.25, 0.3) is 17.0 Å². The Labute approximate surface area is 166 Å². The van der Waals surface area contributed by atoms with E-state index >= 15 is 0 Å². The minimum atomic E-state index is -0.217. The van der Waals surface area contributed by atoms with Crippen LogP contribution in [0, 0.1) is 0 Å². The van der Waals surface area contributed by atoms with Crippen LogP contribution in [-0.2, 0) is 11.3 Å². The predicted molar refractivity (Wildman–Crippen MR) is 109 cm³/mol. The normalized spacial score (nSPS) is 11.2. The molecule has 0 saturated carbocycles. The van der Waals surface area contributed by atoms with Crippen molar-refractivity contribution in [3.63, 3.8) is 0 Å². The standard InChI is InChI=1S/C20H17Cl2N3O2/c1-2-25(19(26)10-8-13-7-9-15(21)16(22)11-13)12-18-23-17-6-4-3-5-14(17)20(27)24-18/h3-11H,2,12H2,1H3,(H,23,24,27). The smallest absolute Gasteiger partial charge is 0.258 e. The van der Waals surface area contributed by atoms with Gasteiger partial charge >= 0.3 is 0 Å². The first kappa shape index (κ1) is 19.1. The Morgan fingerprint density at radius 3 is 2.70 bits per heavy atom. The number of hydrogen-bond donors (Lipinski definition) is 1. The van der Waals surface area contributed by atoms with Gasteiger partial charge in [-0.1, -0.05) is 41.4 Å². The second kappa shape index (κ2) is 8.37. The number of rotatable bonds is 5. The van der Waals surface area contributed by atoms with E-state index in [1.54, 1.807) is 47.4 Å². The molecule has 7 heteroatoms. The number of carbonyl (C=O) groups excluding carboxylic acids is 1. The van der Waals surface area contributed by atoms with Gasteiger partial charge in [0, 0.05) is 12.6 Å². The highest BCUT2D eigenvalue weighted by molar-refractivity contribution is 6.42. The summed E-state index contributed by atoms with van der Waals surface area (Å²) in [4.78, 5) is 33.5. The molecule has 3 rings (SSSR count). The quantitative estimate of drug-likeness (QED) is 0.648. The summed E-state index contributed by atoms with van der Waals surface area (Å²) in [7, 11) is 0. The third kappa shape index (κ3) is 4.56. The molecule has 0 spiro atoms. The van der Waals surface area contributed by atoms with Gasteiger partial charge in [0.15, 0.2) is 0 Å². The van der Waals surface area contributed by atoms with Gasteiger partial charge in [0.25, 0.3) is 5.56 Å². The van der Waals surface area contributed by atoms with Gasteiger partial charge in [-0.2, -0.15) is 0 Å². The van der Waals surface area contributed by atoms with Crippen LogP contribution in [0.1, 0.15) is 18.3 Å². The largest absolute Gasteiger partial charge is 0.332 e. The summed E-state index contributed by atoms with van der Waals surface area (Å²) in [5.41, 5.74) is 1.16. The lowest BCUT2D eigenvalue weighted by Gasteiger charge is -2.18. The zero-order valence-electron chi connectivity index (χ0n) is 14.6. The highest BCUT2D eigenvalue weighted by atomic mass is 35.5. The number of benzene rings is 2. The third-order valence-electron chi connectivity index (χ3n) is 4.06. The Kier molecular flexibility index (Phi) is 5.94. The second-order valence-electron chi connectivity index (χ2n) is 5.89. The van der Waals surface area contributed by atoms with Crippen LogP contribution in [0.15, 0.2) is 53.3 Å². The molecule has 3 aromatic rings. The number of carbonyl (C=O) groups is 1. The topological polar surface area (TPSA) is 66.1 Å². The van der Waals surface area contributed by atoms with Crippen molar-refractivity contribution >= 4 is 46.1 Å². The van der Waals surface area contributed by atoms with Crippen LogP contribution in [0.5, 0.6) is 0 Å². The number of H-pyrrole nitrogens is 1. The Hall–Kier alpha value is -2.63. The van der Waals surface area contributed by atoms with Crippen LogP contribution < -0.4 is 5.56 Å². The number of para-hydroxylation sites is 1. The fourth-order valence-electron chi connectivity index (χ4n) is 2.63. The number of aromatic nitrogens is 2. The molecule has 0 fully saturated rings. The summed E-state index contributed by atoms with van der Waals surface area (Å²) in [6, 6.07) is 12.2. The molecule has 1 heterocycles. The summed E-state index contributed by atoms with van der Waals surface area (Å²) in [5, 5.41) is 1.41. The minimum Gasteiger partial charge on any atom is -0.332 e. The minimum absolute atomic E-state index is 0.195. The molecular weight excluding hydrogens is 385 g/mol. The SMILES string of the molecule is CCN(Cc1nc2ccccc2c(=O)[nH]1)C(=O)C=Cc1ccc(Cl)c(Cl)c1. The van der Waals surface area contributed by atoms with Crippen LogP contribution in [0.4, 0.5) is 0 Å². The van der Waals surface area contributed by atoms with Gasteiger partial charge in [0.2, 0.25) is 5.91 Å². The highest BCUT2D eigenvalue weighted by Crippen LogP contribution is 2.23. The fourth-order valence-corrected chi connectivity index (χ4v) is 2.93. The molecule has 0 aliphatic rings. The number of amides is 1. The molecule has 0 atom stereocenters. The molecule has 138 valence electrons. The van der Waals surface area contributed by atoms with Gasteiger partial charge in [0.05, 0.1) is 27.5 Å². The van der Waals surface area contributed by atoms with Gasteiger partial charge in [-0.05, 0) is 42.8 Å². The average Bonchev–Trinajstić information content (AvgIpc) is 2.67. The second-order valence-corrected chi connectivity index (χ2v) is 6.70. The molecule has 2 aromatic carbocycles. The van der Waals surface area contributed by atoms with Crippen LogP contribution in [0.2, 0.25) is 10.0 Å². The Balaban J connectivity index is 1.78. The van der Waals surface area contributed by atoms with E-state index in [-0.39, 0.29) is 18.0 Å². The molecule has 1 amide bonds. The van der Waals surface area contributed by atoms with Crippen molar-refractivity contribution in [1.82, 2.24) is 14.9 Å². The van der Waals surface area contributed by atoms with Crippen molar-refractivity contribution in [2.45, 2.75) is 13.5 Å². The Morgan fingerprint density at radius 2 is 1.96 bits per heavy atom. The Bertz CT molecular complexity index is 1080. The summed E-state index contributed by atoms with van der Waals surface area (Å²) in [5.74, 6) is 0.246. The first-order valence-electron chi connectivity index (χ1n) is 8.38. The zero-order valence-corrected chi connectivity index (χ0v) is 16.1. The van der Waals surface area contributed by atoms with Crippen molar-refractivity contribution in [3.8, 4) is 0 Å². The maximum atomic E-state index is 12.5. The maximum absolute atomic E-state index is 12.5. The van der Waals surface area contributed by atoms with Crippen LogP contribution in [0.3, 0.4) is 0 Å². The van der Waals surface area contributed by atoms with E-state index in [1.165, 1.54) is 6.08 Å². The number of likely N-dealkylation sites (N-methyl/N-ethyl adjacent to an activating group) is 1.